The number of carbonyl (C=O) groups is 1. The van der Waals surface area contributed by atoms with Crippen LogP contribution in [0.15, 0.2) is 54.6 Å². The van der Waals surface area contributed by atoms with Crippen LogP contribution < -0.4 is 5.32 Å². The van der Waals surface area contributed by atoms with Crippen molar-refractivity contribution in [1.82, 2.24) is 14.8 Å². The number of aromatic nitrogens is 3. The lowest BCUT2D eigenvalue weighted by atomic mass is 10.2. The predicted molar refractivity (Wildman–Crippen MR) is 111 cm³/mol. The van der Waals surface area contributed by atoms with E-state index in [2.05, 4.69) is 15.4 Å². The van der Waals surface area contributed by atoms with Gasteiger partial charge < -0.3 is 5.32 Å². The van der Waals surface area contributed by atoms with E-state index in [1.165, 1.54) is 28.2 Å². The maximum absolute atomic E-state index is 14.0. The number of fused-ring (bicyclic) bond motifs is 1. The standard InChI is InChI=1S/C20H14ClFN4OS/c1-12-11-17(23-18(27)10-9-13-5-2-3-6-14(13)21)26(25-12)20-24-19-15(22)7-4-8-16(19)28-20/h2-11H,1H3,(H,23,27)/b10-9+. The number of halogens is 2. The van der Waals surface area contributed by atoms with Crippen LogP contribution in [0.5, 0.6) is 0 Å². The number of para-hydroxylation sites is 1. The Morgan fingerprint density at radius 3 is 2.86 bits per heavy atom. The van der Waals surface area contributed by atoms with Crippen LogP contribution in [-0.4, -0.2) is 20.7 Å². The first kappa shape index (κ1) is 18.3. The molecule has 0 aliphatic rings. The number of nitrogens with zero attached hydrogens (tertiary/aromatic N) is 3. The third kappa shape index (κ3) is 3.67. The SMILES string of the molecule is Cc1cc(NC(=O)/C=C/c2ccccc2Cl)n(-c2nc3c(F)cccc3s2)n1. The second-order valence-corrected chi connectivity index (χ2v) is 7.43. The highest BCUT2D eigenvalue weighted by Crippen LogP contribution is 2.28. The second kappa shape index (κ2) is 7.53. The van der Waals surface area contributed by atoms with Crippen molar-refractivity contribution < 1.29 is 9.18 Å². The van der Waals surface area contributed by atoms with Gasteiger partial charge >= 0.3 is 0 Å². The van der Waals surface area contributed by atoms with Crippen molar-refractivity contribution in [3.63, 3.8) is 0 Å². The van der Waals surface area contributed by atoms with Gasteiger partial charge in [0.1, 0.15) is 17.2 Å². The maximum Gasteiger partial charge on any atom is 0.249 e. The Morgan fingerprint density at radius 1 is 1.25 bits per heavy atom. The van der Waals surface area contributed by atoms with Gasteiger partial charge in [0.2, 0.25) is 11.0 Å². The van der Waals surface area contributed by atoms with Gasteiger partial charge in [0.05, 0.1) is 10.4 Å². The van der Waals surface area contributed by atoms with E-state index in [1.807, 2.05) is 18.2 Å². The lowest BCUT2D eigenvalue weighted by Gasteiger charge is -2.04. The lowest BCUT2D eigenvalue weighted by molar-refractivity contribution is -0.111. The Kier molecular flexibility index (Phi) is 4.93. The quantitative estimate of drug-likeness (QED) is 0.466. The van der Waals surface area contributed by atoms with Gasteiger partial charge in [-0.25, -0.2) is 9.37 Å². The number of benzene rings is 2. The minimum atomic E-state index is -0.392. The summed E-state index contributed by atoms with van der Waals surface area (Å²) in [6.45, 7) is 1.81. The number of thiazole rings is 1. The summed E-state index contributed by atoms with van der Waals surface area (Å²) in [6.07, 6.45) is 3.03. The molecule has 28 heavy (non-hydrogen) atoms. The van der Waals surface area contributed by atoms with Gasteiger partial charge in [-0.05, 0) is 36.8 Å². The van der Waals surface area contributed by atoms with Crippen molar-refractivity contribution in [3.8, 4) is 5.13 Å². The van der Waals surface area contributed by atoms with E-state index in [4.69, 9.17) is 11.6 Å². The van der Waals surface area contributed by atoms with Gasteiger partial charge in [-0.1, -0.05) is 47.2 Å². The first-order valence-corrected chi connectivity index (χ1v) is 9.56. The molecule has 0 atom stereocenters. The molecular formula is C20H14ClFN4OS. The fourth-order valence-corrected chi connectivity index (χ4v) is 3.82. The number of aryl methyl sites for hydroxylation is 1. The Labute approximate surface area is 169 Å². The minimum absolute atomic E-state index is 0.284. The number of nitrogens with one attached hydrogen (secondary N) is 1. The summed E-state index contributed by atoms with van der Waals surface area (Å²) in [5.74, 6) is -0.281. The van der Waals surface area contributed by atoms with E-state index in [9.17, 15) is 9.18 Å². The molecule has 1 amide bonds. The molecule has 0 saturated carbocycles. The van der Waals surface area contributed by atoms with Crippen LogP contribution in [0.4, 0.5) is 10.2 Å². The molecule has 0 unspecified atom stereocenters. The Morgan fingerprint density at radius 2 is 2.07 bits per heavy atom. The van der Waals surface area contributed by atoms with Crippen LogP contribution >= 0.6 is 22.9 Å². The molecule has 140 valence electrons. The highest BCUT2D eigenvalue weighted by Gasteiger charge is 2.15. The fourth-order valence-electron chi connectivity index (χ4n) is 2.67. The van der Waals surface area contributed by atoms with Crippen molar-refractivity contribution in [2.75, 3.05) is 5.32 Å². The van der Waals surface area contributed by atoms with Crippen molar-refractivity contribution in [3.05, 3.63) is 76.7 Å². The van der Waals surface area contributed by atoms with Gasteiger partial charge in [0.15, 0.2) is 0 Å². The maximum atomic E-state index is 14.0. The third-order valence-electron chi connectivity index (χ3n) is 3.94. The fraction of sp³-hybridized carbons (Fsp3) is 0.0500. The molecule has 0 fully saturated rings. The summed E-state index contributed by atoms with van der Waals surface area (Å²) >= 11 is 7.39. The summed E-state index contributed by atoms with van der Waals surface area (Å²) in [4.78, 5) is 16.7. The Hall–Kier alpha value is -3.03. The molecule has 8 heteroatoms. The van der Waals surface area contributed by atoms with Gasteiger partial charge in [0.25, 0.3) is 0 Å². The number of carbonyl (C=O) groups excluding carboxylic acids is 1. The number of anilines is 1. The zero-order chi connectivity index (χ0) is 19.7. The van der Waals surface area contributed by atoms with E-state index >= 15 is 0 Å². The molecule has 0 bridgehead atoms. The Balaban J connectivity index is 1.61. The lowest BCUT2D eigenvalue weighted by Crippen LogP contribution is -2.12. The monoisotopic (exact) mass is 412 g/mol. The van der Waals surface area contributed by atoms with E-state index < -0.39 is 5.82 Å². The number of amides is 1. The molecule has 4 aromatic rings. The number of hydrogen-bond acceptors (Lipinski definition) is 4. The summed E-state index contributed by atoms with van der Waals surface area (Å²) in [5, 5.41) is 8.19. The van der Waals surface area contributed by atoms with Crippen molar-refractivity contribution in [2.45, 2.75) is 6.92 Å². The third-order valence-corrected chi connectivity index (χ3v) is 5.28. The van der Waals surface area contributed by atoms with Crippen LogP contribution in [0.3, 0.4) is 0 Å². The van der Waals surface area contributed by atoms with Crippen LogP contribution in [0.25, 0.3) is 21.4 Å². The highest BCUT2D eigenvalue weighted by atomic mass is 35.5. The first-order valence-electron chi connectivity index (χ1n) is 8.37. The molecule has 0 saturated heterocycles. The molecule has 2 aromatic carbocycles. The molecule has 5 nitrogen and oxygen atoms in total. The molecule has 2 aromatic heterocycles. The van der Waals surface area contributed by atoms with Gasteiger partial charge in [-0.3, -0.25) is 4.79 Å². The highest BCUT2D eigenvalue weighted by molar-refractivity contribution is 7.20. The van der Waals surface area contributed by atoms with Crippen LogP contribution in [0.2, 0.25) is 5.02 Å². The average molecular weight is 413 g/mol. The molecule has 0 aliphatic carbocycles. The van der Waals surface area contributed by atoms with E-state index in [0.717, 1.165) is 5.56 Å². The van der Waals surface area contributed by atoms with Gasteiger partial charge in [-0.2, -0.15) is 9.78 Å². The summed E-state index contributed by atoms with van der Waals surface area (Å²) in [6, 6.07) is 13.7. The minimum Gasteiger partial charge on any atom is -0.307 e. The number of hydrogen-bond donors (Lipinski definition) is 1. The molecule has 0 spiro atoms. The predicted octanol–water partition coefficient (Wildman–Crippen LogP) is 5.23. The molecule has 1 N–H and O–H groups in total. The van der Waals surface area contributed by atoms with E-state index in [-0.39, 0.29) is 11.4 Å². The van der Waals surface area contributed by atoms with Crippen LogP contribution in [0, 0.1) is 12.7 Å². The van der Waals surface area contributed by atoms with E-state index in [1.54, 1.807) is 37.3 Å². The van der Waals surface area contributed by atoms with E-state index in [0.29, 0.717) is 26.4 Å². The van der Waals surface area contributed by atoms with Gasteiger partial charge in [-0.15, -0.1) is 0 Å². The zero-order valence-electron chi connectivity index (χ0n) is 14.7. The smallest absolute Gasteiger partial charge is 0.249 e. The normalized spacial score (nSPS) is 11.4. The van der Waals surface area contributed by atoms with Crippen molar-refractivity contribution in [1.29, 1.82) is 0 Å². The van der Waals surface area contributed by atoms with Gasteiger partial charge in [0, 0.05) is 17.2 Å². The molecule has 4 rings (SSSR count). The van der Waals surface area contributed by atoms with Crippen molar-refractivity contribution >= 4 is 51.0 Å². The average Bonchev–Trinajstić information content (AvgIpc) is 3.25. The van der Waals surface area contributed by atoms with Crippen LogP contribution in [-0.2, 0) is 4.79 Å². The first-order chi connectivity index (χ1) is 13.5. The molecule has 0 aliphatic heterocycles. The van der Waals surface area contributed by atoms with Crippen molar-refractivity contribution in [2.24, 2.45) is 0 Å². The second-order valence-electron chi connectivity index (χ2n) is 6.01. The largest absolute Gasteiger partial charge is 0.307 e. The number of rotatable bonds is 4. The summed E-state index contributed by atoms with van der Waals surface area (Å²) in [5.41, 5.74) is 1.72. The molecule has 0 radical (unpaired) electrons. The Bertz CT molecular complexity index is 1210. The topological polar surface area (TPSA) is 59.8 Å². The summed E-state index contributed by atoms with van der Waals surface area (Å²) < 4.78 is 16.2. The van der Waals surface area contributed by atoms with Crippen LogP contribution in [0.1, 0.15) is 11.3 Å². The summed E-state index contributed by atoms with van der Waals surface area (Å²) in [7, 11) is 0. The molecular weight excluding hydrogens is 399 g/mol. The molecule has 2 heterocycles. The zero-order valence-corrected chi connectivity index (χ0v) is 16.3.